The van der Waals surface area contributed by atoms with Crippen LogP contribution in [0.3, 0.4) is 0 Å². The van der Waals surface area contributed by atoms with E-state index in [0.717, 1.165) is 24.0 Å². The molecule has 3 aromatic carbocycles. The minimum absolute atomic E-state index is 0.182. The smallest absolute Gasteiger partial charge is 0.166 e. The van der Waals surface area contributed by atoms with Gasteiger partial charge in [0.15, 0.2) is 11.6 Å². The molecular formula is C25H23F3O. The van der Waals surface area contributed by atoms with E-state index in [9.17, 15) is 13.2 Å². The van der Waals surface area contributed by atoms with Crippen LogP contribution in [0.2, 0.25) is 0 Å². The Morgan fingerprint density at radius 3 is 2.31 bits per heavy atom. The largest absolute Gasteiger partial charge is 0.493 e. The third-order valence-electron chi connectivity index (χ3n) is 4.69. The minimum Gasteiger partial charge on any atom is -0.493 e. The summed E-state index contributed by atoms with van der Waals surface area (Å²) in [6, 6.07) is 15.1. The highest BCUT2D eigenvalue weighted by Crippen LogP contribution is 2.27. The van der Waals surface area contributed by atoms with Crippen molar-refractivity contribution in [3.8, 4) is 16.9 Å². The van der Waals surface area contributed by atoms with Crippen molar-refractivity contribution in [2.24, 2.45) is 0 Å². The number of rotatable bonds is 7. The summed E-state index contributed by atoms with van der Waals surface area (Å²) < 4.78 is 47.6. The molecule has 0 bridgehead atoms. The molecule has 0 aliphatic carbocycles. The lowest BCUT2D eigenvalue weighted by Gasteiger charge is -2.09. The highest BCUT2D eigenvalue weighted by Gasteiger charge is 2.09. The maximum atomic E-state index is 14.5. The average Bonchev–Trinajstić information content (AvgIpc) is 2.72. The van der Waals surface area contributed by atoms with E-state index in [1.807, 2.05) is 0 Å². The third-order valence-corrected chi connectivity index (χ3v) is 4.69. The van der Waals surface area contributed by atoms with E-state index in [2.05, 4.69) is 6.92 Å². The van der Waals surface area contributed by atoms with Gasteiger partial charge >= 0.3 is 0 Å². The molecule has 0 N–H and O–H groups in total. The molecule has 0 aliphatic heterocycles. The van der Waals surface area contributed by atoms with Gasteiger partial charge in [0.05, 0.1) is 6.61 Å². The molecule has 0 atom stereocenters. The molecule has 150 valence electrons. The first-order valence-electron chi connectivity index (χ1n) is 9.65. The number of ether oxygens (including phenoxy) is 1. The van der Waals surface area contributed by atoms with Crippen LogP contribution >= 0.6 is 0 Å². The maximum Gasteiger partial charge on any atom is 0.166 e. The molecule has 0 radical (unpaired) electrons. The van der Waals surface area contributed by atoms with Crippen molar-refractivity contribution < 1.29 is 17.9 Å². The van der Waals surface area contributed by atoms with Gasteiger partial charge in [-0.3, -0.25) is 0 Å². The van der Waals surface area contributed by atoms with Crippen molar-refractivity contribution in [2.75, 3.05) is 6.61 Å². The summed E-state index contributed by atoms with van der Waals surface area (Å²) in [4.78, 5) is 0. The Kier molecular flexibility index (Phi) is 6.76. The Balaban J connectivity index is 1.74. The Morgan fingerprint density at radius 1 is 0.862 bits per heavy atom. The van der Waals surface area contributed by atoms with E-state index in [-0.39, 0.29) is 16.9 Å². The summed E-state index contributed by atoms with van der Waals surface area (Å²) in [7, 11) is 0. The van der Waals surface area contributed by atoms with Gasteiger partial charge in [-0.05, 0) is 42.2 Å². The Labute approximate surface area is 169 Å². The molecule has 29 heavy (non-hydrogen) atoms. The number of hydrogen-bond acceptors (Lipinski definition) is 1. The maximum absolute atomic E-state index is 14.5. The van der Waals surface area contributed by atoms with Crippen LogP contribution in [0.1, 0.15) is 36.5 Å². The first-order chi connectivity index (χ1) is 14.0. The molecule has 4 heteroatoms. The minimum atomic E-state index is -0.860. The summed E-state index contributed by atoms with van der Waals surface area (Å²) in [5.74, 6) is -1.52. The Bertz CT molecular complexity index is 1010. The summed E-state index contributed by atoms with van der Waals surface area (Å²) in [6.07, 6.45) is 5.16. The van der Waals surface area contributed by atoms with Crippen molar-refractivity contribution in [2.45, 2.75) is 26.7 Å². The van der Waals surface area contributed by atoms with Crippen molar-refractivity contribution in [3.63, 3.8) is 0 Å². The number of halogens is 3. The van der Waals surface area contributed by atoms with Gasteiger partial charge in [-0.25, -0.2) is 13.2 Å². The lowest BCUT2D eigenvalue weighted by atomic mass is 10.0. The lowest BCUT2D eigenvalue weighted by Crippen LogP contribution is -1.97. The molecular weight excluding hydrogens is 373 g/mol. The summed E-state index contributed by atoms with van der Waals surface area (Å²) >= 11 is 0. The standard InChI is InChI=1S/C25H23F3O/c1-3-4-15-29-21-13-14-22(23(26)16-21)19-10-6-18(7-11-19)8-12-20-9-5-17(2)24(27)25(20)28/h5-14,16H,3-4,15H2,1-2H3/b12-8+. The summed E-state index contributed by atoms with van der Waals surface area (Å²) in [5, 5.41) is 0. The van der Waals surface area contributed by atoms with E-state index in [1.165, 1.54) is 25.1 Å². The molecule has 0 spiro atoms. The number of benzene rings is 3. The summed E-state index contributed by atoms with van der Waals surface area (Å²) in [6.45, 7) is 4.16. The molecule has 0 unspecified atom stereocenters. The lowest BCUT2D eigenvalue weighted by molar-refractivity contribution is 0.308. The van der Waals surface area contributed by atoms with Gasteiger partial charge in [-0.2, -0.15) is 0 Å². The second kappa shape index (κ2) is 9.46. The highest BCUT2D eigenvalue weighted by molar-refractivity contribution is 5.72. The van der Waals surface area contributed by atoms with E-state index in [4.69, 9.17) is 4.74 Å². The zero-order valence-electron chi connectivity index (χ0n) is 16.5. The molecule has 0 aromatic heterocycles. The topological polar surface area (TPSA) is 9.23 Å². The van der Waals surface area contributed by atoms with Crippen molar-refractivity contribution in [3.05, 3.63) is 88.7 Å². The highest BCUT2D eigenvalue weighted by atomic mass is 19.2. The molecule has 0 aliphatic rings. The number of hydrogen-bond donors (Lipinski definition) is 0. The van der Waals surface area contributed by atoms with Crippen LogP contribution in [0.4, 0.5) is 13.2 Å². The van der Waals surface area contributed by atoms with E-state index >= 15 is 0 Å². The van der Waals surface area contributed by atoms with Crippen LogP contribution in [0, 0.1) is 24.4 Å². The van der Waals surface area contributed by atoms with Crippen LogP contribution in [0.5, 0.6) is 5.75 Å². The average molecular weight is 396 g/mol. The van der Waals surface area contributed by atoms with Gasteiger partial charge in [0.2, 0.25) is 0 Å². The molecule has 0 saturated carbocycles. The van der Waals surface area contributed by atoms with Crippen LogP contribution in [0.25, 0.3) is 23.3 Å². The van der Waals surface area contributed by atoms with Crippen LogP contribution in [-0.2, 0) is 0 Å². The fourth-order valence-corrected chi connectivity index (χ4v) is 2.90. The van der Waals surface area contributed by atoms with Gasteiger partial charge in [0.1, 0.15) is 11.6 Å². The SMILES string of the molecule is CCCCOc1ccc(-c2ccc(/C=C/c3ccc(C)c(F)c3F)cc2)c(F)c1. The molecule has 1 nitrogen and oxygen atoms in total. The first kappa shape index (κ1) is 20.7. The van der Waals surface area contributed by atoms with Crippen molar-refractivity contribution in [1.82, 2.24) is 0 Å². The Morgan fingerprint density at radius 2 is 1.62 bits per heavy atom. The second-order valence-corrected chi connectivity index (χ2v) is 6.90. The van der Waals surface area contributed by atoms with Gasteiger partial charge in [-0.1, -0.05) is 61.9 Å². The quantitative estimate of drug-likeness (QED) is 0.298. The second-order valence-electron chi connectivity index (χ2n) is 6.90. The molecule has 3 rings (SSSR count). The van der Waals surface area contributed by atoms with Crippen molar-refractivity contribution >= 4 is 12.2 Å². The number of unbranched alkanes of at least 4 members (excludes halogenated alkanes) is 1. The van der Waals surface area contributed by atoms with Gasteiger partial charge in [0.25, 0.3) is 0 Å². The first-order valence-corrected chi connectivity index (χ1v) is 9.65. The zero-order chi connectivity index (χ0) is 20.8. The Hall–Kier alpha value is -3.01. The van der Waals surface area contributed by atoms with Crippen LogP contribution in [-0.4, -0.2) is 6.61 Å². The summed E-state index contributed by atoms with van der Waals surface area (Å²) in [5.41, 5.74) is 2.46. The van der Waals surface area contributed by atoms with E-state index < -0.39 is 11.6 Å². The predicted octanol–water partition coefficient (Wildman–Crippen LogP) is 7.43. The molecule has 0 fully saturated rings. The fraction of sp³-hybridized carbons (Fsp3) is 0.200. The normalized spacial score (nSPS) is 11.2. The van der Waals surface area contributed by atoms with Gasteiger partial charge in [0, 0.05) is 17.2 Å². The van der Waals surface area contributed by atoms with Crippen LogP contribution in [0.15, 0.2) is 54.6 Å². The van der Waals surface area contributed by atoms with Gasteiger partial charge < -0.3 is 4.74 Å². The molecule has 3 aromatic rings. The van der Waals surface area contributed by atoms with Crippen LogP contribution < -0.4 is 4.74 Å². The number of aryl methyl sites for hydroxylation is 1. The monoisotopic (exact) mass is 396 g/mol. The molecule has 0 heterocycles. The van der Waals surface area contributed by atoms with Gasteiger partial charge in [-0.15, -0.1) is 0 Å². The van der Waals surface area contributed by atoms with Crippen molar-refractivity contribution in [1.29, 1.82) is 0 Å². The molecule has 0 saturated heterocycles. The predicted molar refractivity (Wildman–Crippen MR) is 112 cm³/mol. The van der Waals surface area contributed by atoms with E-state index in [1.54, 1.807) is 48.5 Å². The fourth-order valence-electron chi connectivity index (χ4n) is 2.90. The third kappa shape index (κ3) is 5.08. The molecule has 0 amide bonds. The van der Waals surface area contributed by atoms with E-state index in [0.29, 0.717) is 17.9 Å². The zero-order valence-corrected chi connectivity index (χ0v) is 16.5.